The molecule has 7 nitrogen and oxygen atoms in total. The van der Waals surface area contributed by atoms with Crippen LogP contribution in [0.15, 0.2) is 65.6 Å². The average molecular weight is 412 g/mol. The van der Waals surface area contributed by atoms with E-state index in [0.717, 1.165) is 5.56 Å². The highest BCUT2D eigenvalue weighted by atomic mass is 35.5. The van der Waals surface area contributed by atoms with Crippen LogP contribution in [-0.4, -0.2) is 25.6 Å². The van der Waals surface area contributed by atoms with Gasteiger partial charge < -0.3 is 14.4 Å². The zero-order valence-electron chi connectivity index (χ0n) is 15.0. The van der Waals surface area contributed by atoms with Crippen molar-refractivity contribution in [1.29, 1.82) is 0 Å². The fraction of sp³-hybridized carbons (Fsp3) is 0.100. The molecule has 29 heavy (non-hydrogen) atoms. The van der Waals surface area contributed by atoms with Crippen molar-refractivity contribution >= 4 is 17.5 Å². The number of amides is 1. The SMILES string of the molecule is O=C(Cn1cnc(-c2noc(-c3ccccc3)n2)c1)NCc1ccc(F)c(Cl)c1. The summed E-state index contributed by atoms with van der Waals surface area (Å²) < 4.78 is 20.1. The van der Waals surface area contributed by atoms with Crippen LogP contribution in [0, 0.1) is 5.82 Å². The summed E-state index contributed by atoms with van der Waals surface area (Å²) in [5, 5.41) is 6.71. The minimum absolute atomic E-state index is 0.0194. The van der Waals surface area contributed by atoms with Gasteiger partial charge in [0, 0.05) is 18.3 Å². The van der Waals surface area contributed by atoms with Crippen LogP contribution in [-0.2, 0) is 17.9 Å². The number of halogens is 2. The van der Waals surface area contributed by atoms with Crippen LogP contribution in [0.1, 0.15) is 5.56 Å². The number of aromatic nitrogens is 4. The molecular formula is C20H15ClFN5O2. The van der Waals surface area contributed by atoms with E-state index in [1.165, 1.54) is 18.5 Å². The van der Waals surface area contributed by atoms with Gasteiger partial charge in [-0.15, -0.1) is 0 Å². The highest BCUT2D eigenvalue weighted by Crippen LogP contribution is 2.20. The second kappa shape index (κ2) is 8.24. The first-order valence-corrected chi connectivity index (χ1v) is 9.08. The molecule has 2 aromatic carbocycles. The van der Waals surface area contributed by atoms with Gasteiger partial charge in [-0.25, -0.2) is 9.37 Å². The molecule has 0 atom stereocenters. The first-order valence-electron chi connectivity index (χ1n) is 8.70. The third-order valence-electron chi connectivity index (χ3n) is 4.11. The van der Waals surface area contributed by atoms with Crippen molar-refractivity contribution in [2.24, 2.45) is 0 Å². The molecule has 0 bridgehead atoms. The Labute approximate surface area is 170 Å². The van der Waals surface area contributed by atoms with E-state index in [0.29, 0.717) is 23.0 Å². The topological polar surface area (TPSA) is 85.8 Å². The molecule has 0 aliphatic heterocycles. The van der Waals surface area contributed by atoms with Gasteiger partial charge in [0.25, 0.3) is 5.89 Å². The molecule has 146 valence electrons. The Balaban J connectivity index is 1.37. The number of hydrogen-bond donors (Lipinski definition) is 1. The molecule has 0 unspecified atom stereocenters. The van der Waals surface area contributed by atoms with Gasteiger partial charge in [0.1, 0.15) is 18.1 Å². The Morgan fingerprint density at radius 2 is 2.03 bits per heavy atom. The van der Waals surface area contributed by atoms with Crippen molar-refractivity contribution in [3.8, 4) is 23.0 Å². The van der Waals surface area contributed by atoms with Crippen molar-refractivity contribution in [2.45, 2.75) is 13.1 Å². The first-order chi connectivity index (χ1) is 14.1. The lowest BCUT2D eigenvalue weighted by Crippen LogP contribution is -2.26. The largest absolute Gasteiger partial charge is 0.350 e. The summed E-state index contributed by atoms with van der Waals surface area (Å²) in [6, 6.07) is 13.7. The van der Waals surface area contributed by atoms with Crippen molar-refractivity contribution in [3.05, 3.63) is 77.5 Å². The van der Waals surface area contributed by atoms with E-state index in [-0.39, 0.29) is 24.0 Å². The highest BCUT2D eigenvalue weighted by molar-refractivity contribution is 6.30. The summed E-state index contributed by atoms with van der Waals surface area (Å²) in [5.74, 6) is 0.00637. The van der Waals surface area contributed by atoms with Gasteiger partial charge in [0.15, 0.2) is 0 Å². The summed E-state index contributed by atoms with van der Waals surface area (Å²) in [6.07, 6.45) is 3.18. The molecule has 1 amide bonds. The van der Waals surface area contributed by atoms with Gasteiger partial charge >= 0.3 is 0 Å². The van der Waals surface area contributed by atoms with Gasteiger partial charge in [0.2, 0.25) is 11.7 Å². The average Bonchev–Trinajstić information content (AvgIpc) is 3.39. The molecule has 2 heterocycles. The van der Waals surface area contributed by atoms with Crippen LogP contribution in [0.2, 0.25) is 5.02 Å². The molecule has 9 heteroatoms. The molecule has 0 radical (unpaired) electrons. The fourth-order valence-corrected chi connectivity index (χ4v) is 2.86. The second-order valence-corrected chi connectivity index (χ2v) is 6.65. The van der Waals surface area contributed by atoms with Gasteiger partial charge in [-0.2, -0.15) is 4.98 Å². The summed E-state index contributed by atoms with van der Waals surface area (Å²) in [5.41, 5.74) is 2.01. The number of benzene rings is 2. The normalized spacial score (nSPS) is 10.8. The van der Waals surface area contributed by atoms with Gasteiger partial charge in [-0.3, -0.25) is 4.79 Å². The Hall–Kier alpha value is -3.52. The number of nitrogens with one attached hydrogen (secondary N) is 1. The summed E-state index contributed by atoms with van der Waals surface area (Å²) in [7, 11) is 0. The van der Waals surface area contributed by atoms with Crippen LogP contribution >= 0.6 is 11.6 Å². The van der Waals surface area contributed by atoms with Crippen molar-refractivity contribution < 1.29 is 13.7 Å². The zero-order chi connectivity index (χ0) is 20.2. The maximum atomic E-state index is 13.2. The third kappa shape index (κ3) is 4.49. The second-order valence-electron chi connectivity index (χ2n) is 6.25. The van der Waals surface area contributed by atoms with Crippen molar-refractivity contribution in [3.63, 3.8) is 0 Å². The van der Waals surface area contributed by atoms with E-state index in [1.807, 2.05) is 30.3 Å². The van der Waals surface area contributed by atoms with Crippen LogP contribution in [0.4, 0.5) is 4.39 Å². The van der Waals surface area contributed by atoms with E-state index in [9.17, 15) is 9.18 Å². The van der Waals surface area contributed by atoms with E-state index in [1.54, 1.807) is 16.8 Å². The van der Waals surface area contributed by atoms with E-state index in [4.69, 9.17) is 16.1 Å². The molecule has 0 aliphatic rings. The molecule has 0 fully saturated rings. The number of carbonyl (C=O) groups excluding carboxylic acids is 1. The Morgan fingerprint density at radius 1 is 1.21 bits per heavy atom. The predicted octanol–water partition coefficient (Wildman–Crippen LogP) is 3.71. The summed E-state index contributed by atoms with van der Waals surface area (Å²) >= 11 is 5.74. The van der Waals surface area contributed by atoms with Gasteiger partial charge in [0.05, 0.1) is 11.3 Å². The molecule has 0 aliphatic carbocycles. The minimum atomic E-state index is -0.496. The molecule has 0 saturated carbocycles. The molecule has 4 aromatic rings. The molecule has 4 rings (SSSR count). The summed E-state index contributed by atoms with van der Waals surface area (Å²) in [4.78, 5) is 20.7. The predicted molar refractivity (Wildman–Crippen MR) is 104 cm³/mol. The molecule has 0 saturated heterocycles. The number of rotatable bonds is 6. The number of carbonyl (C=O) groups is 1. The standard InChI is InChI=1S/C20H15ClFN5O2/c21-15-8-13(6-7-16(15)22)9-23-18(28)11-27-10-17(24-12-27)19-25-20(29-26-19)14-4-2-1-3-5-14/h1-8,10,12H,9,11H2,(H,23,28). The quantitative estimate of drug-likeness (QED) is 0.522. The smallest absolute Gasteiger partial charge is 0.258 e. The van der Waals surface area contributed by atoms with Crippen LogP contribution in [0.3, 0.4) is 0 Å². The highest BCUT2D eigenvalue weighted by Gasteiger charge is 2.13. The number of hydrogen-bond acceptors (Lipinski definition) is 5. The fourth-order valence-electron chi connectivity index (χ4n) is 2.66. The lowest BCUT2D eigenvalue weighted by molar-refractivity contribution is -0.121. The maximum absolute atomic E-state index is 13.2. The molecule has 0 spiro atoms. The van der Waals surface area contributed by atoms with Crippen LogP contribution < -0.4 is 5.32 Å². The number of nitrogens with zero attached hydrogens (tertiary/aromatic N) is 4. The van der Waals surface area contributed by atoms with Crippen molar-refractivity contribution in [2.75, 3.05) is 0 Å². The molecule has 1 N–H and O–H groups in total. The first kappa shape index (κ1) is 18.8. The van der Waals surface area contributed by atoms with E-state index < -0.39 is 5.82 Å². The lowest BCUT2D eigenvalue weighted by Gasteiger charge is -2.06. The van der Waals surface area contributed by atoms with E-state index >= 15 is 0 Å². The Morgan fingerprint density at radius 3 is 2.83 bits per heavy atom. The maximum Gasteiger partial charge on any atom is 0.258 e. The van der Waals surface area contributed by atoms with Gasteiger partial charge in [-0.05, 0) is 29.8 Å². The zero-order valence-corrected chi connectivity index (χ0v) is 15.8. The van der Waals surface area contributed by atoms with Crippen LogP contribution in [0.5, 0.6) is 0 Å². The third-order valence-corrected chi connectivity index (χ3v) is 4.40. The monoisotopic (exact) mass is 411 g/mol. The number of imidazole rings is 1. The molecular weight excluding hydrogens is 397 g/mol. The van der Waals surface area contributed by atoms with Crippen LogP contribution in [0.25, 0.3) is 23.0 Å². The van der Waals surface area contributed by atoms with E-state index in [2.05, 4.69) is 20.4 Å². The van der Waals surface area contributed by atoms with Crippen molar-refractivity contribution in [1.82, 2.24) is 25.0 Å². The van der Waals surface area contributed by atoms with Gasteiger partial charge in [-0.1, -0.05) is 41.0 Å². The Bertz CT molecular complexity index is 1140. The minimum Gasteiger partial charge on any atom is -0.350 e. The molecule has 2 aromatic heterocycles. The summed E-state index contributed by atoms with van der Waals surface area (Å²) in [6.45, 7) is 0.303. The Kier molecular flexibility index (Phi) is 5.35. The lowest BCUT2D eigenvalue weighted by atomic mass is 10.2.